The Morgan fingerprint density at radius 2 is 2.29 bits per heavy atom. The van der Waals surface area contributed by atoms with Crippen LogP contribution in [-0.4, -0.2) is 18.3 Å². The molecule has 0 radical (unpaired) electrons. The number of halogens is 1. The topological polar surface area (TPSA) is 55.5 Å². The van der Waals surface area contributed by atoms with Crippen LogP contribution >= 0.6 is 0 Å². The van der Waals surface area contributed by atoms with Crippen LogP contribution < -0.4 is 10.5 Å². The third-order valence-electron chi connectivity index (χ3n) is 1.81. The number of aliphatic hydroxyl groups excluding tert-OH is 1. The Labute approximate surface area is 82.3 Å². The SMILES string of the molecule is C[C@H](N)c1cc(F)ccc1OCCO. The number of hydrogen-bond donors (Lipinski definition) is 2. The first-order valence-corrected chi connectivity index (χ1v) is 4.44. The van der Waals surface area contributed by atoms with E-state index in [1.54, 1.807) is 6.92 Å². The summed E-state index contributed by atoms with van der Waals surface area (Å²) < 4.78 is 18.1. The van der Waals surface area contributed by atoms with Crippen LogP contribution in [0.3, 0.4) is 0 Å². The van der Waals surface area contributed by atoms with Gasteiger partial charge < -0.3 is 15.6 Å². The fourth-order valence-corrected chi connectivity index (χ4v) is 1.16. The van der Waals surface area contributed by atoms with Crippen molar-refractivity contribution in [3.8, 4) is 5.75 Å². The van der Waals surface area contributed by atoms with Crippen LogP contribution in [0.5, 0.6) is 5.75 Å². The molecule has 0 aliphatic carbocycles. The number of hydrogen-bond acceptors (Lipinski definition) is 3. The highest BCUT2D eigenvalue weighted by molar-refractivity contribution is 5.36. The average molecular weight is 199 g/mol. The first kappa shape index (κ1) is 10.9. The average Bonchev–Trinajstić information content (AvgIpc) is 2.15. The molecule has 0 saturated heterocycles. The Morgan fingerprint density at radius 3 is 2.86 bits per heavy atom. The van der Waals surface area contributed by atoms with Gasteiger partial charge in [-0.05, 0) is 25.1 Å². The Hall–Kier alpha value is -1.13. The van der Waals surface area contributed by atoms with Gasteiger partial charge in [0.05, 0.1) is 6.61 Å². The maximum absolute atomic E-state index is 12.9. The van der Waals surface area contributed by atoms with E-state index >= 15 is 0 Å². The number of rotatable bonds is 4. The minimum absolute atomic E-state index is 0.0736. The fourth-order valence-electron chi connectivity index (χ4n) is 1.16. The summed E-state index contributed by atoms with van der Waals surface area (Å²) in [7, 11) is 0. The summed E-state index contributed by atoms with van der Waals surface area (Å²) in [4.78, 5) is 0. The summed E-state index contributed by atoms with van der Waals surface area (Å²) in [6, 6.07) is 3.87. The van der Waals surface area contributed by atoms with E-state index in [9.17, 15) is 4.39 Å². The maximum atomic E-state index is 12.9. The largest absolute Gasteiger partial charge is 0.491 e. The van der Waals surface area contributed by atoms with Gasteiger partial charge in [-0.2, -0.15) is 0 Å². The van der Waals surface area contributed by atoms with Crippen LogP contribution in [0.25, 0.3) is 0 Å². The lowest BCUT2D eigenvalue weighted by Gasteiger charge is -2.13. The van der Waals surface area contributed by atoms with E-state index in [0.717, 1.165) is 0 Å². The van der Waals surface area contributed by atoms with E-state index in [-0.39, 0.29) is 25.1 Å². The minimum Gasteiger partial charge on any atom is -0.491 e. The number of nitrogens with two attached hydrogens (primary N) is 1. The lowest BCUT2D eigenvalue weighted by atomic mass is 10.1. The molecule has 0 saturated carbocycles. The molecule has 0 bridgehead atoms. The molecule has 3 N–H and O–H groups in total. The molecular formula is C10H14FNO2. The zero-order chi connectivity index (χ0) is 10.6. The van der Waals surface area contributed by atoms with Gasteiger partial charge in [0.25, 0.3) is 0 Å². The Kier molecular flexibility index (Phi) is 3.85. The number of aliphatic hydroxyl groups is 1. The first-order valence-electron chi connectivity index (χ1n) is 4.44. The van der Waals surface area contributed by atoms with E-state index in [1.807, 2.05) is 0 Å². The molecule has 0 aromatic heterocycles. The zero-order valence-corrected chi connectivity index (χ0v) is 8.03. The van der Waals surface area contributed by atoms with Gasteiger partial charge in [-0.25, -0.2) is 4.39 Å². The van der Waals surface area contributed by atoms with Gasteiger partial charge in [0.2, 0.25) is 0 Å². The van der Waals surface area contributed by atoms with E-state index in [0.29, 0.717) is 11.3 Å². The summed E-state index contributed by atoms with van der Waals surface area (Å²) >= 11 is 0. The van der Waals surface area contributed by atoms with Gasteiger partial charge in [0.1, 0.15) is 18.2 Å². The van der Waals surface area contributed by atoms with Gasteiger partial charge in [-0.1, -0.05) is 0 Å². The molecule has 1 atom stereocenters. The Morgan fingerprint density at radius 1 is 1.57 bits per heavy atom. The highest BCUT2D eigenvalue weighted by Gasteiger charge is 2.08. The normalized spacial score (nSPS) is 12.6. The summed E-state index contributed by atoms with van der Waals surface area (Å²) in [5.74, 6) is 0.184. The van der Waals surface area contributed by atoms with Crippen molar-refractivity contribution >= 4 is 0 Å². The summed E-state index contributed by atoms with van der Waals surface area (Å²) in [5.41, 5.74) is 6.26. The van der Waals surface area contributed by atoms with E-state index in [2.05, 4.69) is 0 Å². The van der Waals surface area contributed by atoms with Crippen LogP contribution in [-0.2, 0) is 0 Å². The van der Waals surface area contributed by atoms with E-state index < -0.39 is 0 Å². The summed E-state index contributed by atoms with van der Waals surface area (Å²) in [5, 5.41) is 8.58. The molecule has 14 heavy (non-hydrogen) atoms. The van der Waals surface area contributed by atoms with Crippen LogP contribution in [0.1, 0.15) is 18.5 Å². The van der Waals surface area contributed by atoms with Gasteiger partial charge in [0.15, 0.2) is 0 Å². The van der Waals surface area contributed by atoms with E-state index in [1.165, 1.54) is 18.2 Å². The van der Waals surface area contributed by atoms with Crippen molar-refractivity contribution in [2.45, 2.75) is 13.0 Å². The molecule has 1 aromatic carbocycles. The predicted molar refractivity (Wildman–Crippen MR) is 51.6 cm³/mol. The standard InChI is InChI=1S/C10H14FNO2/c1-7(12)9-6-8(11)2-3-10(9)14-5-4-13/h2-3,6-7,13H,4-5,12H2,1H3/t7-/m0/s1. The Balaban J connectivity index is 2.90. The number of ether oxygens (including phenoxy) is 1. The summed E-state index contributed by atoms with van der Waals surface area (Å²) in [6.45, 7) is 1.86. The van der Waals surface area contributed by atoms with Crippen molar-refractivity contribution < 1.29 is 14.2 Å². The second-order valence-electron chi connectivity index (χ2n) is 3.04. The van der Waals surface area contributed by atoms with Crippen LogP contribution in [0.15, 0.2) is 18.2 Å². The zero-order valence-electron chi connectivity index (χ0n) is 8.03. The van der Waals surface area contributed by atoms with Crippen molar-refractivity contribution in [2.75, 3.05) is 13.2 Å². The second kappa shape index (κ2) is 4.93. The number of benzene rings is 1. The van der Waals surface area contributed by atoms with Gasteiger partial charge in [-0.3, -0.25) is 0 Å². The van der Waals surface area contributed by atoms with Crippen molar-refractivity contribution in [2.24, 2.45) is 5.73 Å². The molecule has 1 rings (SSSR count). The van der Waals surface area contributed by atoms with Crippen LogP contribution in [0.4, 0.5) is 4.39 Å². The molecule has 78 valence electrons. The smallest absolute Gasteiger partial charge is 0.124 e. The van der Waals surface area contributed by atoms with Crippen LogP contribution in [0.2, 0.25) is 0 Å². The molecule has 1 aromatic rings. The molecule has 0 aliphatic heterocycles. The molecule has 0 heterocycles. The highest BCUT2D eigenvalue weighted by Crippen LogP contribution is 2.24. The summed E-state index contributed by atoms with van der Waals surface area (Å²) in [6.07, 6.45) is 0. The molecule has 0 fully saturated rings. The molecule has 0 aliphatic rings. The minimum atomic E-state index is -0.339. The van der Waals surface area contributed by atoms with Crippen molar-refractivity contribution in [1.82, 2.24) is 0 Å². The molecule has 0 amide bonds. The quantitative estimate of drug-likeness (QED) is 0.766. The predicted octanol–water partition coefficient (Wildman–Crippen LogP) is 1.22. The third kappa shape index (κ3) is 2.68. The van der Waals surface area contributed by atoms with Gasteiger partial charge in [-0.15, -0.1) is 0 Å². The highest BCUT2D eigenvalue weighted by atomic mass is 19.1. The molecule has 0 unspecified atom stereocenters. The van der Waals surface area contributed by atoms with Crippen molar-refractivity contribution in [3.05, 3.63) is 29.6 Å². The monoisotopic (exact) mass is 199 g/mol. The lowest BCUT2D eigenvalue weighted by Crippen LogP contribution is -2.10. The first-order chi connectivity index (χ1) is 6.65. The van der Waals surface area contributed by atoms with Gasteiger partial charge in [0, 0.05) is 11.6 Å². The van der Waals surface area contributed by atoms with Gasteiger partial charge >= 0.3 is 0 Å². The molecule has 3 nitrogen and oxygen atoms in total. The molecule has 4 heteroatoms. The Bertz CT molecular complexity index is 302. The second-order valence-corrected chi connectivity index (χ2v) is 3.04. The van der Waals surface area contributed by atoms with Crippen molar-refractivity contribution in [1.29, 1.82) is 0 Å². The lowest BCUT2D eigenvalue weighted by molar-refractivity contribution is 0.199. The third-order valence-corrected chi connectivity index (χ3v) is 1.81. The van der Waals surface area contributed by atoms with Crippen molar-refractivity contribution in [3.63, 3.8) is 0 Å². The van der Waals surface area contributed by atoms with Crippen LogP contribution in [0, 0.1) is 5.82 Å². The fraction of sp³-hybridized carbons (Fsp3) is 0.400. The maximum Gasteiger partial charge on any atom is 0.124 e. The molecular weight excluding hydrogens is 185 g/mol. The molecule has 0 spiro atoms. The van der Waals surface area contributed by atoms with E-state index in [4.69, 9.17) is 15.6 Å².